The smallest absolute Gasteiger partial charge is 0.261 e. The van der Waals surface area contributed by atoms with Crippen molar-refractivity contribution in [2.75, 3.05) is 31.5 Å². The topological polar surface area (TPSA) is 424 Å². The highest BCUT2D eigenvalue weighted by Gasteiger charge is 2.50. The third-order valence-electron chi connectivity index (χ3n) is 17.7. The minimum Gasteiger partial charge on any atom is -0.504 e. The van der Waals surface area contributed by atoms with E-state index in [1.54, 1.807) is 18.2 Å². The fraction of sp³-hybridized carbons (Fsp3) is 0.529. The standard InChI is InChI=1S/C60H73N9O19S.C8H19N/c1-4-5-6-7-48-63-40-24-37(17-19-46(40)85-48)35-11-9-33(10-12-35)34-13-15-36(16-14-34)54(77)64-41-25-38(71)27-62-58(81)52-53(76)30(2)28-69(52)60(83)51(44(74)20-21-61)67-57(80)50(45(75)22-32-8-18-43(73)47(23-32)86-89-88-87-84)66-56(79)42-26-39(72)29-68(42)59(82)49(31(3)70)65-55(41)78;1-6-9(7(2)3)8(4)5/h8-19,23-24,30-31,38-39,41-42,44-45,48-53,63,70-76,84H,4-7,20,22,25-29H2,1-3H3,(H,62,81)(H,64,77)(H,65,78)(H,66,79)(H,67,80);7-8H,6H2,1-5H3/t30?,31?,38-,39?,41-,42?,44+,45+,48?,49?,50?,51-,52?,53-;/m0./s1. The van der Waals surface area contributed by atoms with Crippen molar-refractivity contribution in [3.8, 4) is 45.6 Å². The fourth-order valence-electron chi connectivity index (χ4n) is 12.5. The highest BCUT2D eigenvalue weighted by molar-refractivity contribution is 7.90. The van der Waals surface area contributed by atoms with Crippen molar-refractivity contribution >= 4 is 59.4 Å². The Hall–Kier alpha value is -8.19. The van der Waals surface area contributed by atoms with Gasteiger partial charge in [-0.3, -0.25) is 38.5 Å². The van der Waals surface area contributed by atoms with Gasteiger partial charge >= 0.3 is 0 Å². The number of ether oxygens (including phenoxy) is 1. The number of hydrogen-bond acceptors (Lipinski definition) is 23. The number of rotatable bonds is 21. The van der Waals surface area contributed by atoms with E-state index in [4.69, 9.17) is 14.2 Å². The van der Waals surface area contributed by atoms with Crippen molar-refractivity contribution < 1.29 is 92.9 Å². The lowest BCUT2D eigenvalue weighted by atomic mass is 9.98. The van der Waals surface area contributed by atoms with Crippen LogP contribution in [0.25, 0.3) is 22.3 Å². The minimum atomic E-state index is -2.15. The average Bonchev–Trinajstić information content (AvgIpc) is 1.62. The van der Waals surface area contributed by atoms with Crippen LogP contribution in [0.2, 0.25) is 0 Å². The summed E-state index contributed by atoms with van der Waals surface area (Å²) in [5.41, 5.74) is 4.55. The number of nitriles is 1. The molecule has 4 heterocycles. The Morgan fingerprint density at radius 2 is 1.36 bits per heavy atom. The third-order valence-corrected chi connectivity index (χ3v) is 18.1. The molecule has 0 spiro atoms. The number of hydrogen-bond donors (Lipinski definition) is 14. The first-order chi connectivity index (χ1) is 46.7. The maximum Gasteiger partial charge on any atom is 0.261 e. The molecule has 8 unspecified atom stereocenters. The molecule has 7 amide bonds. The third kappa shape index (κ3) is 20.0. The zero-order valence-corrected chi connectivity index (χ0v) is 56.9. The molecular weight excluding hydrogens is 1290 g/mol. The monoisotopic (exact) mass is 1380 g/mol. The van der Waals surface area contributed by atoms with Crippen LogP contribution in [0.1, 0.15) is 116 Å². The van der Waals surface area contributed by atoms with Crippen molar-refractivity contribution in [1.29, 1.82) is 5.26 Å². The summed E-state index contributed by atoms with van der Waals surface area (Å²) in [4.78, 5) is 105. The molecule has 4 aliphatic heterocycles. The highest BCUT2D eigenvalue weighted by Crippen LogP contribution is 2.38. The summed E-state index contributed by atoms with van der Waals surface area (Å²) in [7, 11) is 0. The predicted molar refractivity (Wildman–Crippen MR) is 358 cm³/mol. The number of nitrogens with zero attached hydrogens (tertiary/aromatic N) is 4. The van der Waals surface area contributed by atoms with Crippen LogP contribution < -0.4 is 40.8 Å². The van der Waals surface area contributed by atoms with E-state index in [0.29, 0.717) is 12.1 Å². The van der Waals surface area contributed by atoms with Crippen LogP contribution in [0.5, 0.6) is 17.2 Å². The van der Waals surface area contributed by atoms with Crippen LogP contribution in [-0.4, -0.2) is 214 Å². The number of aromatic hydroxyl groups is 1. The molecule has 0 aromatic heterocycles. The largest absolute Gasteiger partial charge is 0.504 e. The van der Waals surface area contributed by atoms with Gasteiger partial charge in [-0.1, -0.05) is 91.5 Å². The molecule has 14 atom stereocenters. The van der Waals surface area contributed by atoms with Crippen molar-refractivity contribution in [3.05, 3.63) is 96.1 Å². The molecule has 4 aromatic rings. The summed E-state index contributed by atoms with van der Waals surface area (Å²) in [6.07, 6.45) is -8.97. The minimum absolute atomic E-state index is 0.0525. The lowest BCUT2D eigenvalue weighted by Gasteiger charge is -2.33. The van der Waals surface area contributed by atoms with E-state index in [-0.39, 0.29) is 42.0 Å². The number of nitrogens with one attached hydrogen (secondary N) is 6. The Balaban J connectivity index is 0.00000140. The highest BCUT2D eigenvalue weighted by atomic mass is 32.2. The molecule has 3 saturated heterocycles. The van der Waals surface area contributed by atoms with Crippen LogP contribution in [-0.2, 0) is 44.6 Å². The van der Waals surface area contributed by atoms with Crippen LogP contribution >= 0.6 is 12.3 Å². The number of fused-ring (bicyclic) bond motifs is 3. The van der Waals surface area contributed by atoms with Gasteiger partial charge in [0.1, 0.15) is 42.0 Å². The average molecular weight is 1390 g/mol. The lowest BCUT2D eigenvalue weighted by molar-refractivity contribution is -0.433. The molecule has 4 aliphatic rings. The Labute approximate surface area is 573 Å². The number of phenolic OH excluding ortho intramolecular Hbond substituents is 1. The first kappa shape index (κ1) is 77.2. The molecular formula is C68H92N10O19S. The quantitative estimate of drug-likeness (QED) is 0.0247. The number of unbranched alkanes of at least 4 members (excludes halogenated alkanes) is 2. The Bertz CT molecular complexity index is 3410. The second-order valence-corrected chi connectivity index (χ2v) is 26.0. The van der Waals surface area contributed by atoms with Crippen LogP contribution in [0.4, 0.5) is 5.69 Å². The van der Waals surface area contributed by atoms with E-state index >= 15 is 0 Å². The SMILES string of the molecule is CCCCCC1Nc2cc(-c3ccc(-c4ccc(C(=O)N[C@H]5C[C@H](O)CNC(=O)C6[C@@H](O)C(C)CN6C(=O)[C@H]([C@H](O)CC#N)NC(=O)C([C@H](O)Cc6ccc(O)c(OSOOO)c6)NC(=O)C6CC(O)CN6C(=O)C(C(C)O)NC5=O)cc4)cc3)ccc2O1.CCN(C(C)C)C(C)C. The van der Waals surface area contributed by atoms with Gasteiger partial charge in [-0.05, 0) is 112 Å². The van der Waals surface area contributed by atoms with E-state index in [1.165, 1.54) is 25.1 Å². The molecule has 3 fully saturated rings. The second-order valence-electron chi connectivity index (χ2n) is 25.6. The summed E-state index contributed by atoms with van der Waals surface area (Å²) in [6.45, 7) is 15.5. The maximum atomic E-state index is 14.6. The first-order valence-electron chi connectivity index (χ1n) is 32.9. The Morgan fingerprint density at radius 3 is 1.97 bits per heavy atom. The molecule has 0 bridgehead atoms. The fourth-order valence-corrected chi connectivity index (χ4v) is 12.8. The molecule has 14 N–H and O–H groups in total. The molecule has 29 nitrogen and oxygen atoms in total. The van der Waals surface area contributed by atoms with E-state index in [0.717, 1.165) is 94.8 Å². The maximum absolute atomic E-state index is 14.6. The van der Waals surface area contributed by atoms with E-state index in [2.05, 4.69) is 87.7 Å². The van der Waals surface area contributed by atoms with Gasteiger partial charge in [0.15, 0.2) is 17.7 Å². The van der Waals surface area contributed by atoms with E-state index < -0.39 is 165 Å². The molecule has 8 rings (SSSR count). The Morgan fingerprint density at radius 1 is 0.735 bits per heavy atom. The molecule has 0 aliphatic carbocycles. The number of benzene rings is 4. The predicted octanol–water partition coefficient (Wildman–Crippen LogP) is 2.79. The summed E-state index contributed by atoms with van der Waals surface area (Å²) >= 11 is 0.0692. The number of carbonyl (C=O) groups excluding carboxylic acids is 7. The summed E-state index contributed by atoms with van der Waals surface area (Å²) in [5, 5.41) is 116. The molecule has 0 saturated carbocycles. The zero-order chi connectivity index (χ0) is 71.7. The van der Waals surface area contributed by atoms with Gasteiger partial charge in [0.25, 0.3) is 18.2 Å². The van der Waals surface area contributed by atoms with Crippen molar-refractivity contribution in [2.24, 2.45) is 5.92 Å². The lowest BCUT2D eigenvalue weighted by Crippen LogP contribution is -2.64. The van der Waals surface area contributed by atoms with E-state index in [9.17, 15) is 74.6 Å². The van der Waals surface area contributed by atoms with Gasteiger partial charge in [-0.15, -0.1) is 0 Å². The summed E-state index contributed by atoms with van der Waals surface area (Å²) in [6, 6.07) is 15.3. The van der Waals surface area contributed by atoms with E-state index in [1.807, 2.05) is 42.5 Å². The van der Waals surface area contributed by atoms with Gasteiger partial charge < -0.3 is 86.4 Å². The number of aliphatic hydroxyl groups is 6. The molecule has 98 heavy (non-hydrogen) atoms. The number of amides is 7. The van der Waals surface area contributed by atoms with Gasteiger partial charge in [-0.25, -0.2) is 5.26 Å². The van der Waals surface area contributed by atoms with Crippen LogP contribution in [0, 0.1) is 17.2 Å². The molecule has 30 heteroatoms. The number of anilines is 1. The first-order valence-corrected chi connectivity index (χ1v) is 33.6. The van der Waals surface area contributed by atoms with Gasteiger partial charge in [-0.2, -0.15) is 5.26 Å². The van der Waals surface area contributed by atoms with Gasteiger partial charge in [0.2, 0.25) is 35.4 Å². The van der Waals surface area contributed by atoms with Crippen molar-refractivity contribution in [3.63, 3.8) is 0 Å². The number of aliphatic hydroxyl groups excluding tert-OH is 6. The zero-order valence-electron chi connectivity index (χ0n) is 56.1. The normalized spacial score (nSPS) is 25.0. The number of carbonyl (C=O) groups is 7. The van der Waals surface area contributed by atoms with Crippen LogP contribution in [0.3, 0.4) is 0 Å². The molecule has 534 valence electrons. The second kappa shape index (κ2) is 36.1. The number of β-amino-alcohol motifs (C(OH)–C–C–N with tert-alkyl or cyclic N) is 1. The van der Waals surface area contributed by atoms with Crippen LogP contribution in [0.15, 0.2) is 84.9 Å². The van der Waals surface area contributed by atoms with Gasteiger partial charge in [0, 0.05) is 68.9 Å². The molecule has 4 aromatic carbocycles. The van der Waals surface area contributed by atoms with Crippen molar-refractivity contribution in [1.82, 2.24) is 41.3 Å². The number of phenols is 1. The Kier molecular flexibility index (Phi) is 28.4. The van der Waals surface area contributed by atoms with Gasteiger partial charge in [0.05, 0.1) is 54.8 Å². The summed E-state index contributed by atoms with van der Waals surface area (Å²) in [5.74, 6) is -8.79. The van der Waals surface area contributed by atoms with Crippen molar-refractivity contribution in [2.45, 2.75) is 198 Å². The molecule has 0 radical (unpaired) electrons. The summed E-state index contributed by atoms with van der Waals surface area (Å²) < 4.78 is 15.4.